The highest BCUT2D eigenvalue weighted by molar-refractivity contribution is 7.16. The highest BCUT2D eigenvalue weighted by Gasteiger charge is 2.30. The Morgan fingerprint density at radius 1 is 1.60 bits per heavy atom. The molecule has 1 unspecified atom stereocenters. The third-order valence-corrected chi connectivity index (χ3v) is 5.13. The van der Waals surface area contributed by atoms with Crippen molar-refractivity contribution in [1.29, 1.82) is 0 Å². The lowest BCUT2D eigenvalue weighted by Crippen LogP contribution is -2.51. The minimum absolute atomic E-state index is 0.114. The first-order chi connectivity index (χ1) is 9.43. The summed E-state index contributed by atoms with van der Waals surface area (Å²) >= 11 is 1.33. The van der Waals surface area contributed by atoms with Crippen LogP contribution in [0.1, 0.15) is 31.8 Å². The second kappa shape index (κ2) is 6.07. The Morgan fingerprint density at radius 3 is 2.80 bits per heavy atom. The van der Waals surface area contributed by atoms with E-state index in [0.29, 0.717) is 15.9 Å². The summed E-state index contributed by atoms with van der Waals surface area (Å²) < 4.78 is 0. The third kappa shape index (κ3) is 2.94. The molecule has 112 valence electrons. The largest absolute Gasteiger partial charge is 0.388 e. The lowest BCUT2D eigenvalue weighted by atomic mass is 10.2. The van der Waals surface area contributed by atoms with Gasteiger partial charge in [-0.1, -0.05) is 6.92 Å². The molecule has 1 aliphatic heterocycles. The van der Waals surface area contributed by atoms with Gasteiger partial charge in [0.15, 0.2) is 5.00 Å². The minimum Gasteiger partial charge on any atom is -0.388 e. The highest BCUT2D eigenvalue weighted by Crippen LogP contribution is 2.40. The number of rotatable bonds is 4. The quantitative estimate of drug-likeness (QED) is 0.682. The van der Waals surface area contributed by atoms with Gasteiger partial charge < -0.3 is 10.0 Å². The van der Waals surface area contributed by atoms with Gasteiger partial charge in [0.25, 0.3) is 0 Å². The fourth-order valence-corrected chi connectivity index (χ4v) is 3.70. The lowest BCUT2D eigenvalue weighted by Gasteiger charge is -2.39. The van der Waals surface area contributed by atoms with Crippen molar-refractivity contribution in [1.82, 2.24) is 4.90 Å². The zero-order valence-electron chi connectivity index (χ0n) is 12.1. The average Bonchev–Trinajstić information content (AvgIpc) is 2.84. The predicted molar refractivity (Wildman–Crippen MR) is 80.5 cm³/mol. The van der Waals surface area contributed by atoms with Crippen LogP contribution < -0.4 is 4.90 Å². The standard InChI is InChI=1S/C13H21N3O3S/c1-4-14-5-6-15(8-9(14)2)13-11(16(18)19)7-12(20-13)10(3)17/h7,9-10,17H,4-6,8H2,1-3H3/t9?,10-/m0/s1. The van der Waals surface area contributed by atoms with E-state index in [0.717, 1.165) is 26.2 Å². The molecule has 1 aliphatic rings. The highest BCUT2D eigenvalue weighted by atomic mass is 32.1. The van der Waals surface area contributed by atoms with Crippen molar-refractivity contribution in [3.63, 3.8) is 0 Å². The van der Waals surface area contributed by atoms with Crippen molar-refractivity contribution >= 4 is 22.0 Å². The molecule has 0 spiro atoms. The SMILES string of the molecule is CCN1CCN(c2sc([C@H](C)O)cc2[N+](=O)[O-])CC1C. The van der Waals surface area contributed by atoms with Crippen molar-refractivity contribution in [2.45, 2.75) is 32.9 Å². The van der Waals surface area contributed by atoms with Crippen molar-refractivity contribution in [3.05, 3.63) is 21.1 Å². The van der Waals surface area contributed by atoms with Crippen LogP contribution in [0.3, 0.4) is 0 Å². The normalized spacial score (nSPS) is 22.0. The fraction of sp³-hybridized carbons (Fsp3) is 0.692. The third-order valence-electron chi connectivity index (χ3n) is 3.78. The van der Waals surface area contributed by atoms with Gasteiger partial charge in [0, 0.05) is 36.6 Å². The predicted octanol–water partition coefficient (Wildman–Crippen LogP) is 2.24. The van der Waals surface area contributed by atoms with Gasteiger partial charge in [-0.05, 0) is 20.4 Å². The molecule has 1 fully saturated rings. The molecule has 2 heterocycles. The van der Waals surface area contributed by atoms with Crippen molar-refractivity contribution in [2.75, 3.05) is 31.1 Å². The summed E-state index contributed by atoms with van der Waals surface area (Å²) in [6, 6.07) is 1.88. The van der Waals surface area contributed by atoms with Gasteiger partial charge in [0.2, 0.25) is 0 Å². The van der Waals surface area contributed by atoms with E-state index in [9.17, 15) is 15.2 Å². The summed E-state index contributed by atoms with van der Waals surface area (Å²) in [5, 5.41) is 21.5. The number of nitrogens with zero attached hydrogens (tertiary/aromatic N) is 3. The summed E-state index contributed by atoms with van der Waals surface area (Å²) in [4.78, 5) is 15.9. The van der Waals surface area contributed by atoms with Crippen molar-refractivity contribution < 1.29 is 10.0 Å². The zero-order valence-corrected chi connectivity index (χ0v) is 12.9. The van der Waals surface area contributed by atoms with Crippen LogP contribution in [0.2, 0.25) is 0 Å². The molecular weight excluding hydrogens is 278 g/mol. The number of piperazine rings is 1. The molecule has 2 rings (SSSR count). The topological polar surface area (TPSA) is 69.8 Å². The van der Waals surface area contributed by atoms with E-state index in [2.05, 4.69) is 23.6 Å². The number of hydrogen-bond donors (Lipinski definition) is 1. The monoisotopic (exact) mass is 299 g/mol. The molecule has 7 heteroatoms. The Labute approximate surface area is 122 Å². The van der Waals surface area contributed by atoms with E-state index >= 15 is 0 Å². The number of aliphatic hydroxyl groups is 1. The molecule has 1 aromatic heterocycles. The van der Waals surface area contributed by atoms with Crippen molar-refractivity contribution in [3.8, 4) is 0 Å². The van der Waals surface area contributed by atoms with Gasteiger partial charge in [0.05, 0.1) is 11.0 Å². The summed E-state index contributed by atoms with van der Waals surface area (Å²) in [7, 11) is 0. The molecule has 0 amide bonds. The van der Waals surface area contributed by atoms with Crippen LogP contribution in [0.25, 0.3) is 0 Å². The maximum absolute atomic E-state index is 11.2. The van der Waals surface area contributed by atoms with Crippen LogP contribution in [-0.4, -0.2) is 47.2 Å². The molecule has 0 saturated carbocycles. The van der Waals surface area contributed by atoms with Crippen LogP contribution in [0.4, 0.5) is 10.7 Å². The fourth-order valence-electron chi connectivity index (χ4n) is 2.60. The number of anilines is 1. The molecule has 1 aromatic rings. The molecule has 0 aliphatic carbocycles. The maximum atomic E-state index is 11.2. The van der Waals surface area contributed by atoms with E-state index in [1.807, 2.05) is 0 Å². The summed E-state index contributed by atoms with van der Waals surface area (Å²) in [5.74, 6) is 0. The van der Waals surface area contributed by atoms with E-state index in [1.54, 1.807) is 6.92 Å². The van der Waals surface area contributed by atoms with Gasteiger partial charge in [-0.15, -0.1) is 11.3 Å². The van der Waals surface area contributed by atoms with Gasteiger partial charge in [-0.2, -0.15) is 0 Å². The van der Waals surface area contributed by atoms with Crippen LogP contribution >= 0.6 is 11.3 Å². The van der Waals surface area contributed by atoms with Crippen LogP contribution in [0, 0.1) is 10.1 Å². The Hall–Kier alpha value is -1.18. The maximum Gasteiger partial charge on any atom is 0.304 e. The van der Waals surface area contributed by atoms with Gasteiger partial charge >= 0.3 is 5.69 Å². The Bertz CT molecular complexity index is 489. The average molecular weight is 299 g/mol. The first-order valence-corrected chi connectivity index (χ1v) is 7.70. The van der Waals surface area contributed by atoms with Gasteiger partial charge in [0.1, 0.15) is 0 Å². The van der Waals surface area contributed by atoms with E-state index in [-0.39, 0.29) is 10.6 Å². The molecule has 1 saturated heterocycles. The zero-order chi connectivity index (χ0) is 14.9. The first-order valence-electron chi connectivity index (χ1n) is 6.89. The molecule has 20 heavy (non-hydrogen) atoms. The molecule has 0 bridgehead atoms. The van der Waals surface area contributed by atoms with E-state index in [1.165, 1.54) is 17.4 Å². The van der Waals surface area contributed by atoms with Crippen LogP contribution in [-0.2, 0) is 0 Å². The first kappa shape index (κ1) is 15.2. The second-order valence-corrected chi connectivity index (χ2v) is 6.26. The van der Waals surface area contributed by atoms with Gasteiger partial charge in [-0.25, -0.2) is 0 Å². The van der Waals surface area contributed by atoms with E-state index in [4.69, 9.17) is 0 Å². The number of nitro groups is 1. The summed E-state index contributed by atoms with van der Waals surface area (Å²) in [5.41, 5.74) is 0.114. The Balaban J connectivity index is 2.26. The van der Waals surface area contributed by atoms with Crippen LogP contribution in [0.5, 0.6) is 0 Å². The molecular formula is C13H21N3O3S. The lowest BCUT2D eigenvalue weighted by molar-refractivity contribution is -0.383. The smallest absolute Gasteiger partial charge is 0.304 e. The number of likely N-dealkylation sites (N-methyl/N-ethyl adjacent to an activating group) is 1. The molecule has 6 nitrogen and oxygen atoms in total. The van der Waals surface area contributed by atoms with Gasteiger partial charge in [-0.3, -0.25) is 15.0 Å². The van der Waals surface area contributed by atoms with E-state index < -0.39 is 6.10 Å². The number of thiophene rings is 1. The minimum atomic E-state index is -0.665. The molecule has 0 radical (unpaired) electrons. The summed E-state index contributed by atoms with van der Waals surface area (Å²) in [6.45, 7) is 9.40. The second-order valence-electron chi connectivity index (χ2n) is 5.20. The Kier molecular flexibility index (Phi) is 4.62. The molecule has 0 aromatic carbocycles. The van der Waals surface area contributed by atoms with Crippen molar-refractivity contribution in [2.24, 2.45) is 0 Å². The summed E-state index contributed by atoms with van der Waals surface area (Å²) in [6.07, 6.45) is -0.665. The molecule has 2 atom stereocenters. The number of hydrogen-bond acceptors (Lipinski definition) is 6. The number of aliphatic hydroxyl groups excluding tert-OH is 1. The molecule has 1 N–H and O–H groups in total. The van der Waals surface area contributed by atoms with Crippen LogP contribution in [0.15, 0.2) is 6.07 Å². The Morgan fingerprint density at radius 2 is 2.30 bits per heavy atom.